The largest absolute Gasteiger partial charge is 0.377 e. The van der Waals surface area contributed by atoms with Crippen molar-refractivity contribution in [2.75, 3.05) is 18.5 Å². The van der Waals surface area contributed by atoms with Gasteiger partial charge in [-0.25, -0.2) is 4.98 Å². The summed E-state index contributed by atoms with van der Waals surface area (Å²) in [5.41, 5.74) is 2.69. The zero-order chi connectivity index (χ0) is 11.4. The Hall–Kier alpha value is -1.09. The molecule has 1 aliphatic rings. The molecule has 0 amide bonds. The summed E-state index contributed by atoms with van der Waals surface area (Å²) in [6.45, 7) is 5.65. The number of aromatic nitrogens is 1. The van der Waals surface area contributed by atoms with Crippen LogP contribution in [-0.4, -0.2) is 24.2 Å². The number of nitrogens with one attached hydrogen (secondary N) is 1. The second-order valence-electron chi connectivity index (χ2n) is 4.50. The lowest BCUT2D eigenvalue weighted by Crippen LogP contribution is -2.14. The predicted molar refractivity (Wildman–Crippen MR) is 65.8 cm³/mol. The summed E-state index contributed by atoms with van der Waals surface area (Å²) in [5.74, 6) is 0.980. The number of rotatable bonds is 5. The van der Waals surface area contributed by atoms with Crippen molar-refractivity contribution in [2.45, 2.75) is 39.2 Å². The summed E-state index contributed by atoms with van der Waals surface area (Å²) < 4.78 is 5.47. The smallest absolute Gasteiger partial charge is 0.126 e. The second kappa shape index (κ2) is 5.30. The van der Waals surface area contributed by atoms with Gasteiger partial charge in [-0.15, -0.1) is 0 Å². The lowest BCUT2D eigenvalue weighted by molar-refractivity contribution is 0.0870. The van der Waals surface area contributed by atoms with Crippen LogP contribution in [0.1, 0.15) is 31.5 Å². The molecular weight excluding hydrogens is 200 g/mol. The number of hydrogen-bond acceptors (Lipinski definition) is 3. The number of ether oxygens (including phenoxy) is 1. The van der Waals surface area contributed by atoms with Crippen LogP contribution in [0, 0.1) is 0 Å². The van der Waals surface area contributed by atoms with Crippen molar-refractivity contribution < 1.29 is 4.74 Å². The molecule has 0 spiro atoms. The fourth-order valence-corrected chi connectivity index (χ4v) is 1.99. The van der Waals surface area contributed by atoms with Crippen LogP contribution in [0.2, 0.25) is 0 Å². The van der Waals surface area contributed by atoms with Gasteiger partial charge >= 0.3 is 0 Å². The van der Waals surface area contributed by atoms with E-state index < -0.39 is 0 Å². The molecule has 1 aromatic rings. The Morgan fingerprint density at radius 1 is 1.38 bits per heavy atom. The van der Waals surface area contributed by atoms with Gasteiger partial charge in [-0.2, -0.15) is 0 Å². The van der Waals surface area contributed by atoms with Gasteiger partial charge in [0.1, 0.15) is 5.82 Å². The van der Waals surface area contributed by atoms with Crippen molar-refractivity contribution in [1.29, 1.82) is 0 Å². The predicted octanol–water partition coefficient (Wildman–Crippen LogP) is 2.41. The Kier molecular flexibility index (Phi) is 3.78. The number of anilines is 1. The molecule has 1 aromatic heterocycles. The molecule has 0 aromatic carbocycles. The van der Waals surface area contributed by atoms with Crippen LogP contribution in [0.4, 0.5) is 5.82 Å². The molecule has 88 valence electrons. The third-order valence-electron chi connectivity index (χ3n) is 2.79. The molecule has 0 radical (unpaired) electrons. The maximum Gasteiger partial charge on any atom is 0.126 e. The molecule has 0 unspecified atom stereocenters. The van der Waals surface area contributed by atoms with Crippen LogP contribution in [-0.2, 0) is 17.6 Å². The van der Waals surface area contributed by atoms with E-state index >= 15 is 0 Å². The minimum absolute atomic E-state index is 0.301. The van der Waals surface area contributed by atoms with Crippen LogP contribution < -0.4 is 5.32 Å². The first-order valence-electron chi connectivity index (χ1n) is 6.10. The second-order valence-corrected chi connectivity index (χ2v) is 4.50. The maximum absolute atomic E-state index is 5.47. The average Bonchev–Trinajstić information content (AvgIpc) is 2.71. The summed E-state index contributed by atoms with van der Waals surface area (Å²) in [5, 5.41) is 3.29. The highest BCUT2D eigenvalue weighted by Gasteiger charge is 2.11. The zero-order valence-electron chi connectivity index (χ0n) is 10.1. The van der Waals surface area contributed by atoms with E-state index in [1.54, 1.807) is 0 Å². The third kappa shape index (κ3) is 2.95. The molecule has 3 heteroatoms. The van der Waals surface area contributed by atoms with Crippen molar-refractivity contribution in [1.82, 2.24) is 4.98 Å². The number of aryl methyl sites for hydroxylation is 2. The van der Waals surface area contributed by atoms with Gasteiger partial charge in [-0.3, -0.25) is 0 Å². The molecule has 0 bridgehead atoms. The first kappa shape index (κ1) is 11.4. The molecule has 0 aliphatic heterocycles. The van der Waals surface area contributed by atoms with Gasteiger partial charge < -0.3 is 10.1 Å². The molecule has 1 aliphatic carbocycles. The average molecular weight is 220 g/mol. The summed E-state index contributed by atoms with van der Waals surface area (Å²) in [6.07, 6.45) is 3.88. The molecule has 16 heavy (non-hydrogen) atoms. The number of pyridine rings is 1. The Bertz CT molecular complexity index is 350. The first-order chi connectivity index (χ1) is 7.75. The molecule has 1 heterocycles. The summed E-state index contributed by atoms with van der Waals surface area (Å²) in [7, 11) is 0. The fourth-order valence-electron chi connectivity index (χ4n) is 1.99. The van der Waals surface area contributed by atoms with E-state index in [2.05, 4.69) is 22.4 Å². The van der Waals surface area contributed by atoms with E-state index in [0.717, 1.165) is 25.4 Å². The molecule has 3 nitrogen and oxygen atoms in total. The quantitative estimate of drug-likeness (QED) is 0.774. The van der Waals surface area contributed by atoms with Gasteiger partial charge in [0.25, 0.3) is 0 Å². The fraction of sp³-hybridized carbons (Fsp3) is 0.615. The molecule has 1 N–H and O–H groups in total. The SMILES string of the molecule is CC(C)OCCNc1ccc2c(n1)CCC2. The Balaban J connectivity index is 1.81. The van der Waals surface area contributed by atoms with Crippen LogP contribution in [0.3, 0.4) is 0 Å². The standard InChI is InChI=1S/C13H20N2O/c1-10(2)16-9-8-14-13-7-6-11-4-3-5-12(11)15-13/h6-7,10H,3-5,8-9H2,1-2H3,(H,14,15). The number of nitrogens with zero attached hydrogens (tertiary/aromatic N) is 1. The first-order valence-corrected chi connectivity index (χ1v) is 6.10. The van der Waals surface area contributed by atoms with E-state index in [9.17, 15) is 0 Å². The van der Waals surface area contributed by atoms with Crippen molar-refractivity contribution in [3.8, 4) is 0 Å². The van der Waals surface area contributed by atoms with E-state index in [1.165, 1.54) is 24.1 Å². The molecular formula is C13H20N2O. The van der Waals surface area contributed by atoms with Gasteiger partial charge in [-0.05, 0) is 44.7 Å². The van der Waals surface area contributed by atoms with Crippen molar-refractivity contribution in [3.05, 3.63) is 23.4 Å². The maximum atomic E-state index is 5.47. The Morgan fingerprint density at radius 3 is 3.06 bits per heavy atom. The van der Waals surface area contributed by atoms with Crippen LogP contribution >= 0.6 is 0 Å². The number of fused-ring (bicyclic) bond motifs is 1. The van der Waals surface area contributed by atoms with Gasteiger partial charge in [0.05, 0.1) is 12.7 Å². The third-order valence-corrected chi connectivity index (χ3v) is 2.79. The summed E-state index contributed by atoms with van der Waals surface area (Å²) >= 11 is 0. The normalized spacial score (nSPS) is 14.2. The molecule has 0 saturated carbocycles. The molecule has 0 atom stereocenters. The van der Waals surface area contributed by atoms with E-state index in [-0.39, 0.29) is 0 Å². The number of hydrogen-bond donors (Lipinski definition) is 1. The minimum Gasteiger partial charge on any atom is -0.377 e. The topological polar surface area (TPSA) is 34.1 Å². The lowest BCUT2D eigenvalue weighted by Gasteiger charge is -2.09. The lowest BCUT2D eigenvalue weighted by atomic mass is 10.2. The highest BCUT2D eigenvalue weighted by Crippen LogP contribution is 2.21. The summed E-state index contributed by atoms with van der Waals surface area (Å²) in [6, 6.07) is 4.26. The van der Waals surface area contributed by atoms with Gasteiger partial charge in [0.15, 0.2) is 0 Å². The van der Waals surface area contributed by atoms with Crippen LogP contribution in [0.15, 0.2) is 12.1 Å². The van der Waals surface area contributed by atoms with Crippen molar-refractivity contribution in [3.63, 3.8) is 0 Å². The van der Waals surface area contributed by atoms with Crippen LogP contribution in [0.5, 0.6) is 0 Å². The van der Waals surface area contributed by atoms with Gasteiger partial charge in [-0.1, -0.05) is 6.07 Å². The van der Waals surface area contributed by atoms with Crippen molar-refractivity contribution >= 4 is 5.82 Å². The van der Waals surface area contributed by atoms with Gasteiger partial charge in [0.2, 0.25) is 0 Å². The minimum atomic E-state index is 0.301. The summed E-state index contributed by atoms with van der Waals surface area (Å²) in [4.78, 5) is 4.60. The monoisotopic (exact) mass is 220 g/mol. The van der Waals surface area contributed by atoms with E-state index in [1.807, 2.05) is 13.8 Å². The van der Waals surface area contributed by atoms with Gasteiger partial charge in [0, 0.05) is 12.2 Å². The highest BCUT2D eigenvalue weighted by molar-refractivity contribution is 5.40. The molecule has 0 saturated heterocycles. The molecule has 0 fully saturated rings. The van der Waals surface area contributed by atoms with Crippen LogP contribution in [0.25, 0.3) is 0 Å². The van der Waals surface area contributed by atoms with E-state index in [0.29, 0.717) is 6.10 Å². The Morgan fingerprint density at radius 2 is 2.25 bits per heavy atom. The zero-order valence-corrected chi connectivity index (χ0v) is 10.1. The Labute approximate surface area is 97.2 Å². The van der Waals surface area contributed by atoms with Crippen molar-refractivity contribution in [2.24, 2.45) is 0 Å². The van der Waals surface area contributed by atoms with E-state index in [4.69, 9.17) is 4.74 Å². The molecule has 2 rings (SSSR count). The highest BCUT2D eigenvalue weighted by atomic mass is 16.5.